The van der Waals surface area contributed by atoms with Gasteiger partial charge < -0.3 is 0 Å². The number of nitrogens with zero attached hydrogens (tertiary/aromatic N) is 3. The minimum absolute atomic E-state index is 0.770. The van der Waals surface area contributed by atoms with Crippen LogP contribution in [0.1, 0.15) is 5.56 Å². The van der Waals surface area contributed by atoms with Crippen LogP contribution in [0.4, 0.5) is 0 Å². The van der Waals surface area contributed by atoms with Crippen molar-refractivity contribution in [2.24, 2.45) is 0 Å². The summed E-state index contributed by atoms with van der Waals surface area (Å²) in [5, 5.41) is 7.92. The second-order valence-corrected chi connectivity index (χ2v) is 3.67. The third-order valence-electron chi connectivity index (χ3n) is 2.57. The first-order chi connectivity index (χ1) is 7.84. The van der Waals surface area contributed by atoms with E-state index in [1.54, 1.807) is 12.4 Å². The first kappa shape index (κ1) is 9.03. The van der Waals surface area contributed by atoms with E-state index in [-0.39, 0.29) is 0 Å². The van der Waals surface area contributed by atoms with Gasteiger partial charge in [-0.1, -0.05) is 0 Å². The predicted octanol–water partition coefficient (Wildman–Crippen LogP) is 2.33. The molecule has 4 heteroatoms. The molecule has 0 fully saturated rings. The summed E-state index contributed by atoms with van der Waals surface area (Å²) in [6.45, 7) is 2.06. The molecule has 0 spiro atoms. The van der Waals surface area contributed by atoms with Crippen LogP contribution in [-0.4, -0.2) is 20.2 Å². The Bertz CT molecular complexity index is 629. The number of pyridine rings is 2. The van der Waals surface area contributed by atoms with Crippen LogP contribution in [0.2, 0.25) is 0 Å². The van der Waals surface area contributed by atoms with E-state index >= 15 is 0 Å². The fourth-order valence-corrected chi connectivity index (χ4v) is 1.76. The Labute approximate surface area is 92.4 Å². The van der Waals surface area contributed by atoms with Gasteiger partial charge in [-0.15, -0.1) is 0 Å². The highest BCUT2D eigenvalue weighted by Crippen LogP contribution is 2.21. The quantitative estimate of drug-likeness (QED) is 0.670. The van der Waals surface area contributed by atoms with Gasteiger partial charge in [-0.25, -0.2) is 9.97 Å². The topological polar surface area (TPSA) is 54.5 Å². The average Bonchev–Trinajstić information content (AvgIpc) is 2.82. The summed E-state index contributed by atoms with van der Waals surface area (Å²) >= 11 is 0. The van der Waals surface area contributed by atoms with Gasteiger partial charge in [0.15, 0.2) is 5.65 Å². The van der Waals surface area contributed by atoms with Crippen LogP contribution in [0.15, 0.2) is 36.7 Å². The number of fused-ring (bicyclic) bond motifs is 1. The lowest BCUT2D eigenvalue weighted by Crippen LogP contribution is -1.90. The van der Waals surface area contributed by atoms with Crippen molar-refractivity contribution in [3.63, 3.8) is 0 Å². The van der Waals surface area contributed by atoms with E-state index in [0.29, 0.717) is 0 Å². The van der Waals surface area contributed by atoms with E-state index in [4.69, 9.17) is 0 Å². The molecular formula is C12H10N4. The summed E-state index contributed by atoms with van der Waals surface area (Å²) in [7, 11) is 0. The van der Waals surface area contributed by atoms with Crippen LogP contribution in [0, 0.1) is 6.92 Å². The van der Waals surface area contributed by atoms with Crippen molar-refractivity contribution in [2.45, 2.75) is 6.92 Å². The lowest BCUT2D eigenvalue weighted by atomic mass is 10.1. The number of aryl methyl sites for hydroxylation is 1. The van der Waals surface area contributed by atoms with E-state index in [1.165, 1.54) is 5.56 Å². The maximum Gasteiger partial charge on any atom is 0.160 e. The molecule has 78 valence electrons. The van der Waals surface area contributed by atoms with Gasteiger partial charge in [0.1, 0.15) is 0 Å². The van der Waals surface area contributed by atoms with E-state index in [9.17, 15) is 0 Å². The minimum Gasteiger partial charge on any atom is -0.276 e. The van der Waals surface area contributed by atoms with Gasteiger partial charge in [-0.3, -0.25) is 5.10 Å². The molecule has 0 aliphatic carbocycles. The molecule has 0 aliphatic heterocycles. The summed E-state index contributed by atoms with van der Waals surface area (Å²) in [4.78, 5) is 8.76. The zero-order chi connectivity index (χ0) is 11.0. The van der Waals surface area contributed by atoms with Gasteiger partial charge in [-0.05, 0) is 36.8 Å². The number of hydrogen-bond donors (Lipinski definition) is 1. The molecule has 1 N–H and O–H groups in total. The Balaban J connectivity index is 2.29. The van der Waals surface area contributed by atoms with Crippen LogP contribution < -0.4 is 0 Å². The highest BCUT2D eigenvalue weighted by molar-refractivity contribution is 5.81. The number of aromatic nitrogens is 4. The predicted molar refractivity (Wildman–Crippen MR) is 61.9 cm³/mol. The molecular weight excluding hydrogens is 200 g/mol. The minimum atomic E-state index is 0.770. The molecule has 0 amide bonds. The Morgan fingerprint density at radius 1 is 1.19 bits per heavy atom. The molecule has 0 aromatic carbocycles. The van der Waals surface area contributed by atoms with E-state index in [2.05, 4.69) is 27.1 Å². The average molecular weight is 210 g/mol. The van der Waals surface area contributed by atoms with Gasteiger partial charge >= 0.3 is 0 Å². The molecule has 0 radical (unpaired) electrons. The molecule has 4 nitrogen and oxygen atoms in total. The maximum absolute atomic E-state index is 4.50. The van der Waals surface area contributed by atoms with Crippen LogP contribution in [0.25, 0.3) is 22.4 Å². The van der Waals surface area contributed by atoms with E-state index in [1.807, 2.05) is 24.3 Å². The SMILES string of the molecule is Cc1cc(-c2ccn[nH]2)nc2ncccc12. The van der Waals surface area contributed by atoms with Crippen LogP contribution in [-0.2, 0) is 0 Å². The zero-order valence-electron chi connectivity index (χ0n) is 8.81. The monoisotopic (exact) mass is 210 g/mol. The maximum atomic E-state index is 4.50. The lowest BCUT2D eigenvalue weighted by molar-refractivity contribution is 1.09. The van der Waals surface area contributed by atoms with Gasteiger partial charge in [0, 0.05) is 17.8 Å². The largest absolute Gasteiger partial charge is 0.276 e. The molecule has 3 heterocycles. The van der Waals surface area contributed by atoms with Crippen LogP contribution in [0.5, 0.6) is 0 Å². The van der Waals surface area contributed by atoms with Crippen molar-refractivity contribution in [1.29, 1.82) is 0 Å². The standard InChI is InChI=1S/C12H10N4/c1-8-7-11(10-4-6-14-16-10)15-12-9(8)3-2-5-13-12/h2-7H,1H3,(H,14,16). The highest BCUT2D eigenvalue weighted by atomic mass is 15.1. The Hall–Kier alpha value is -2.23. The third-order valence-corrected chi connectivity index (χ3v) is 2.57. The second-order valence-electron chi connectivity index (χ2n) is 3.67. The zero-order valence-corrected chi connectivity index (χ0v) is 8.81. The molecule has 3 aromatic rings. The second kappa shape index (κ2) is 3.41. The highest BCUT2D eigenvalue weighted by Gasteiger charge is 2.05. The molecule has 0 saturated carbocycles. The summed E-state index contributed by atoms with van der Waals surface area (Å²) in [5.74, 6) is 0. The summed E-state index contributed by atoms with van der Waals surface area (Å²) in [6.07, 6.45) is 3.47. The normalized spacial score (nSPS) is 10.8. The van der Waals surface area contributed by atoms with Gasteiger partial charge in [0.2, 0.25) is 0 Å². The Kier molecular flexibility index (Phi) is 1.93. The van der Waals surface area contributed by atoms with Gasteiger partial charge in [0.05, 0.1) is 11.4 Å². The van der Waals surface area contributed by atoms with Crippen LogP contribution in [0.3, 0.4) is 0 Å². The van der Waals surface area contributed by atoms with Gasteiger partial charge in [-0.2, -0.15) is 5.10 Å². The first-order valence-electron chi connectivity index (χ1n) is 5.07. The number of H-pyrrole nitrogens is 1. The molecule has 0 aliphatic rings. The van der Waals surface area contributed by atoms with Gasteiger partial charge in [0.25, 0.3) is 0 Å². The van der Waals surface area contributed by atoms with Crippen molar-refractivity contribution in [1.82, 2.24) is 20.2 Å². The fraction of sp³-hybridized carbons (Fsp3) is 0.0833. The van der Waals surface area contributed by atoms with Crippen molar-refractivity contribution >= 4 is 11.0 Å². The smallest absolute Gasteiger partial charge is 0.160 e. The Morgan fingerprint density at radius 2 is 2.12 bits per heavy atom. The molecule has 0 bridgehead atoms. The summed E-state index contributed by atoms with van der Waals surface area (Å²) in [5.41, 5.74) is 3.73. The number of hydrogen-bond acceptors (Lipinski definition) is 3. The van der Waals surface area contributed by atoms with Crippen molar-refractivity contribution in [3.8, 4) is 11.4 Å². The molecule has 0 atom stereocenters. The van der Waals surface area contributed by atoms with E-state index < -0.39 is 0 Å². The van der Waals surface area contributed by atoms with Crippen molar-refractivity contribution < 1.29 is 0 Å². The molecule has 16 heavy (non-hydrogen) atoms. The van der Waals surface area contributed by atoms with Crippen LogP contribution >= 0.6 is 0 Å². The number of aromatic amines is 1. The summed E-state index contributed by atoms with van der Waals surface area (Å²) < 4.78 is 0. The van der Waals surface area contributed by atoms with Crippen molar-refractivity contribution in [3.05, 3.63) is 42.2 Å². The number of nitrogens with one attached hydrogen (secondary N) is 1. The number of rotatable bonds is 1. The first-order valence-corrected chi connectivity index (χ1v) is 5.07. The molecule has 0 saturated heterocycles. The molecule has 0 unspecified atom stereocenters. The van der Waals surface area contributed by atoms with Crippen molar-refractivity contribution in [2.75, 3.05) is 0 Å². The molecule has 3 aromatic heterocycles. The summed E-state index contributed by atoms with van der Waals surface area (Å²) in [6, 6.07) is 7.89. The lowest BCUT2D eigenvalue weighted by Gasteiger charge is -2.03. The fourth-order valence-electron chi connectivity index (χ4n) is 1.76. The van der Waals surface area contributed by atoms with E-state index in [0.717, 1.165) is 22.4 Å². The Morgan fingerprint density at radius 3 is 2.94 bits per heavy atom. The third kappa shape index (κ3) is 1.35. The molecule has 3 rings (SSSR count).